The Hall–Kier alpha value is -8.96. The van der Waals surface area contributed by atoms with Gasteiger partial charge >= 0.3 is 0 Å². The van der Waals surface area contributed by atoms with E-state index < -0.39 is 8.07 Å². The lowest BCUT2D eigenvalue weighted by Crippen LogP contribution is -2.74. The van der Waals surface area contributed by atoms with E-state index in [0.717, 1.165) is 49.9 Å². The average Bonchev–Trinajstić information content (AvgIpc) is 4.09. The zero-order valence-electron chi connectivity index (χ0n) is 38.2. The first-order chi connectivity index (χ1) is 34.7. The van der Waals surface area contributed by atoms with E-state index in [2.05, 4.69) is 270 Å². The summed E-state index contributed by atoms with van der Waals surface area (Å²) in [5.74, 6) is 0. The summed E-state index contributed by atoms with van der Waals surface area (Å²) >= 11 is 0. The van der Waals surface area contributed by atoms with Crippen molar-refractivity contribution in [3.8, 4) is 33.6 Å². The van der Waals surface area contributed by atoms with Crippen molar-refractivity contribution >= 4 is 94.4 Å². The highest BCUT2D eigenvalue weighted by Crippen LogP contribution is 2.43. The highest BCUT2D eigenvalue weighted by atomic mass is 28.3. The third-order valence-corrected chi connectivity index (χ3v) is 19.4. The Morgan fingerprint density at radius 1 is 0.271 bits per heavy atom. The molecule has 14 rings (SSSR count). The second-order valence-electron chi connectivity index (χ2n) is 18.4. The third kappa shape index (κ3) is 6.13. The normalized spacial score (nSPS) is 12.0. The van der Waals surface area contributed by atoms with Gasteiger partial charge in [-0.2, -0.15) is 0 Å². The molecule has 70 heavy (non-hydrogen) atoms. The summed E-state index contributed by atoms with van der Waals surface area (Å²) in [6.45, 7) is 0. The molecule has 3 aromatic heterocycles. The van der Waals surface area contributed by atoms with Crippen LogP contribution in [0.4, 0.5) is 0 Å². The number of benzene rings is 11. The van der Waals surface area contributed by atoms with Crippen LogP contribution in [0.2, 0.25) is 0 Å². The molecule has 0 saturated heterocycles. The van der Waals surface area contributed by atoms with E-state index in [9.17, 15) is 0 Å². The lowest BCUT2D eigenvalue weighted by atomic mass is 9.96. The van der Waals surface area contributed by atoms with Crippen LogP contribution in [0.3, 0.4) is 0 Å². The van der Waals surface area contributed by atoms with Gasteiger partial charge in [0.2, 0.25) is 0 Å². The van der Waals surface area contributed by atoms with Gasteiger partial charge in [-0.15, -0.1) is 0 Å². The van der Waals surface area contributed by atoms with Crippen molar-refractivity contribution in [3.63, 3.8) is 0 Å². The summed E-state index contributed by atoms with van der Waals surface area (Å²) in [5, 5.41) is 12.5. The Labute approximate surface area is 406 Å². The third-order valence-electron chi connectivity index (χ3n) is 14.7. The predicted octanol–water partition coefficient (Wildman–Crippen LogP) is 14.5. The smallest absolute Gasteiger partial charge is 0.179 e. The quantitative estimate of drug-likeness (QED) is 0.110. The zero-order valence-corrected chi connectivity index (χ0v) is 39.2. The molecule has 0 aliphatic heterocycles. The summed E-state index contributed by atoms with van der Waals surface area (Å²) in [7, 11) is -2.78. The topological polar surface area (TPSA) is 23.0 Å². The number of hydrogen-bond donors (Lipinski definition) is 0. The highest BCUT2D eigenvalue weighted by molar-refractivity contribution is 7.19. The molecular formula is C66H44N2OSi. The molecule has 0 radical (unpaired) electrons. The van der Waals surface area contributed by atoms with Crippen LogP contribution in [0.1, 0.15) is 0 Å². The second kappa shape index (κ2) is 16.1. The average molecular weight is 909 g/mol. The van der Waals surface area contributed by atoms with Gasteiger partial charge in [0.15, 0.2) is 8.07 Å². The molecule has 0 saturated carbocycles. The Morgan fingerprint density at radius 2 is 0.786 bits per heavy atom. The molecule has 11 aromatic carbocycles. The van der Waals surface area contributed by atoms with E-state index in [-0.39, 0.29) is 0 Å². The summed E-state index contributed by atoms with van der Waals surface area (Å²) in [6.07, 6.45) is 0. The molecule has 0 amide bonds. The minimum Gasteiger partial charge on any atom is -0.456 e. The number of aromatic nitrogens is 2. The maximum atomic E-state index is 6.29. The minimum absolute atomic E-state index is 0.898. The highest BCUT2D eigenvalue weighted by Gasteiger charge is 2.41. The SMILES string of the molecule is c1ccc(-c2ccc3c(c2)c2c(-c4ccc5oc6ccccc6c5c4)cccc2n3-c2ccc3c(c2)c2ccccc2n3-c2cccc([Si](c3ccccc3)(c3ccccc3)c3ccccc3)c2)cc1. The fraction of sp³-hybridized carbons (Fsp3) is 0. The Balaban J connectivity index is 0.989. The van der Waals surface area contributed by atoms with Gasteiger partial charge < -0.3 is 13.6 Å². The summed E-state index contributed by atoms with van der Waals surface area (Å²) in [4.78, 5) is 0. The van der Waals surface area contributed by atoms with Crippen molar-refractivity contribution in [2.45, 2.75) is 0 Å². The number of furan rings is 1. The molecule has 0 unspecified atom stereocenters. The van der Waals surface area contributed by atoms with Crippen LogP contribution in [0.25, 0.3) is 99.2 Å². The van der Waals surface area contributed by atoms with Crippen molar-refractivity contribution in [3.05, 3.63) is 267 Å². The maximum absolute atomic E-state index is 6.29. The van der Waals surface area contributed by atoms with Gasteiger partial charge in [-0.05, 0) is 116 Å². The van der Waals surface area contributed by atoms with E-state index in [4.69, 9.17) is 4.42 Å². The fourth-order valence-electron chi connectivity index (χ4n) is 11.6. The van der Waals surface area contributed by atoms with E-state index in [1.54, 1.807) is 0 Å². The van der Waals surface area contributed by atoms with E-state index in [1.807, 2.05) is 6.07 Å². The number of para-hydroxylation sites is 2. The summed E-state index contributed by atoms with van der Waals surface area (Å²) in [6, 6.07) is 98.4. The van der Waals surface area contributed by atoms with E-state index in [1.165, 1.54) is 70.0 Å². The molecule has 14 aromatic rings. The van der Waals surface area contributed by atoms with Crippen molar-refractivity contribution in [2.75, 3.05) is 0 Å². The second-order valence-corrected chi connectivity index (χ2v) is 22.2. The largest absolute Gasteiger partial charge is 0.456 e. The summed E-state index contributed by atoms with van der Waals surface area (Å²) in [5.41, 5.74) is 13.5. The van der Waals surface area contributed by atoms with Crippen molar-refractivity contribution in [1.29, 1.82) is 0 Å². The first-order valence-corrected chi connectivity index (χ1v) is 26.1. The molecule has 0 aliphatic rings. The van der Waals surface area contributed by atoms with Crippen LogP contribution >= 0.6 is 0 Å². The van der Waals surface area contributed by atoms with Gasteiger partial charge in [0, 0.05) is 43.7 Å². The van der Waals surface area contributed by atoms with Crippen LogP contribution in [0, 0.1) is 0 Å². The first-order valence-electron chi connectivity index (χ1n) is 24.1. The van der Waals surface area contributed by atoms with Gasteiger partial charge in [-0.25, -0.2) is 0 Å². The molecule has 328 valence electrons. The molecule has 4 heteroatoms. The molecular weight excluding hydrogens is 865 g/mol. The van der Waals surface area contributed by atoms with Crippen molar-refractivity contribution in [1.82, 2.24) is 9.13 Å². The Bertz CT molecular complexity index is 4190. The lowest BCUT2D eigenvalue weighted by Gasteiger charge is -2.34. The van der Waals surface area contributed by atoms with Gasteiger partial charge in [-0.1, -0.05) is 194 Å². The minimum atomic E-state index is -2.78. The van der Waals surface area contributed by atoms with Crippen molar-refractivity contribution in [2.24, 2.45) is 0 Å². The molecule has 3 heterocycles. The fourth-order valence-corrected chi connectivity index (χ4v) is 16.4. The van der Waals surface area contributed by atoms with E-state index in [0.29, 0.717) is 0 Å². The maximum Gasteiger partial charge on any atom is 0.179 e. The number of hydrogen-bond acceptors (Lipinski definition) is 1. The first kappa shape index (κ1) is 40.1. The number of rotatable bonds is 8. The Kier molecular flexibility index (Phi) is 9.23. The monoisotopic (exact) mass is 908 g/mol. The molecule has 0 bridgehead atoms. The molecule has 0 aliphatic carbocycles. The van der Waals surface area contributed by atoms with E-state index >= 15 is 0 Å². The van der Waals surface area contributed by atoms with Gasteiger partial charge in [0.1, 0.15) is 11.2 Å². The zero-order chi connectivity index (χ0) is 46.2. The molecule has 0 fully saturated rings. The molecule has 0 spiro atoms. The van der Waals surface area contributed by atoms with Gasteiger partial charge in [0.05, 0.1) is 22.1 Å². The number of nitrogens with zero attached hydrogens (tertiary/aromatic N) is 2. The van der Waals surface area contributed by atoms with Crippen LogP contribution in [-0.4, -0.2) is 17.2 Å². The van der Waals surface area contributed by atoms with Crippen LogP contribution in [0.5, 0.6) is 0 Å². The van der Waals surface area contributed by atoms with Crippen LogP contribution < -0.4 is 20.7 Å². The summed E-state index contributed by atoms with van der Waals surface area (Å²) < 4.78 is 11.2. The molecule has 0 atom stereocenters. The van der Waals surface area contributed by atoms with Crippen LogP contribution in [0.15, 0.2) is 271 Å². The number of fused-ring (bicyclic) bond motifs is 9. The van der Waals surface area contributed by atoms with Gasteiger partial charge in [-0.3, -0.25) is 0 Å². The van der Waals surface area contributed by atoms with Crippen LogP contribution in [-0.2, 0) is 0 Å². The molecule has 0 N–H and O–H groups in total. The van der Waals surface area contributed by atoms with Gasteiger partial charge in [0.25, 0.3) is 0 Å². The van der Waals surface area contributed by atoms with Crippen molar-refractivity contribution < 1.29 is 4.42 Å². The Morgan fingerprint density at radius 3 is 1.53 bits per heavy atom. The predicted molar refractivity (Wildman–Crippen MR) is 297 cm³/mol. The standard InChI is InChI=1S/C66H44N2OSi/c1-5-19-45(20-6-1)46-35-38-62-59(41-46)66-54(47-36-40-65-58(42-47)56-30-14-16-34-64(56)69-65)31-18-33-63(66)68(62)49-37-39-61-57(44-49)55-29-13-15-32-60(55)67(61)48-21-17-28-53(43-48)70(50-22-7-2-8-23-50,51-24-9-3-10-25-51)52-26-11-4-12-27-52/h1-44H. The lowest BCUT2D eigenvalue weighted by molar-refractivity contribution is 0.669. The molecule has 3 nitrogen and oxygen atoms in total.